The van der Waals surface area contributed by atoms with E-state index in [0.717, 1.165) is 12.1 Å². The van der Waals surface area contributed by atoms with Crippen LogP contribution in [-0.4, -0.2) is 21.4 Å². The largest absolute Gasteiger partial charge is 0.294 e. The number of hydrogen-bond acceptors (Lipinski definition) is 4. The lowest BCUT2D eigenvalue weighted by Crippen LogP contribution is -2.04. The molecular weight excluding hydrogens is 324 g/mol. The molecule has 0 saturated heterocycles. The van der Waals surface area contributed by atoms with Gasteiger partial charge < -0.3 is 0 Å². The van der Waals surface area contributed by atoms with E-state index in [2.05, 4.69) is 0 Å². The molecule has 0 aliphatic heterocycles. The Hall–Kier alpha value is -1.41. The number of sulfone groups is 1. The topological polar surface area (TPSA) is 88.5 Å². The third-order valence-corrected chi connectivity index (χ3v) is 5.41. The maximum Gasteiger partial charge on any atom is 0.294 e. The first kappa shape index (κ1) is 15.0. The Morgan fingerprint density at radius 1 is 0.800 bits per heavy atom. The Morgan fingerprint density at radius 3 is 1.90 bits per heavy atom. The van der Waals surface area contributed by atoms with Crippen LogP contribution in [0.4, 0.5) is 0 Å². The Balaban J connectivity index is 2.58. The van der Waals surface area contributed by atoms with Crippen LogP contribution in [0, 0.1) is 0 Å². The smallest absolute Gasteiger partial charge is 0.282 e. The van der Waals surface area contributed by atoms with Gasteiger partial charge >= 0.3 is 0 Å². The van der Waals surface area contributed by atoms with Gasteiger partial charge in [-0.15, -0.1) is 0 Å². The molecule has 0 bridgehead atoms. The summed E-state index contributed by atoms with van der Waals surface area (Å²) in [6.45, 7) is 0. The second kappa shape index (κ2) is 5.17. The van der Waals surface area contributed by atoms with Crippen LogP contribution in [-0.2, 0) is 20.0 Å². The molecule has 0 aliphatic rings. The fourth-order valence-electron chi connectivity index (χ4n) is 1.55. The molecule has 0 heterocycles. The third kappa shape index (κ3) is 3.01. The summed E-state index contributed by atoms with van der Waals surface area (Å²) >= 11 is 5.69. The fourth-order valence-corrected chi connectivity index (χ4v) is 3.59. The summed E-state index contributed by atoms with van der Waals surface area (Å²) in [5, 5.41) is 0.385. The van der Waals surface area contributed by atoms with Crippen LogP contribution < -0.4 is 0 Å². The lowest BCUT2D eigenvalue weighted by atomic mass is 10.4. The molecule has 2 aromatic carbocycles. The van der Waals surface area contributed by atoms with Crippen molar-refractivity contribution in [3.63, 3.8) is 0 Å². The monoisotopic (exact) mass is 332 g/mol. The molecule has 0 aromatic heterocycles. The van der Waals surface area contributed by atoms with Crippen LogP contribution in [0.3, 0.4) is 0 Å². The van der Waals surface area contributed by atoms with E-state index in [4.69, 9.17) is 16.2 Å². The molecule has 2 rings (SSSR count). The van der Waals surface area contributed by atoms with Gasteiger partial charge in [-0.1, -0.05) is 17.7 Å². The Labute approximate surface area is 121 Å². The van der Waals surface area contributed by atoms with Gasteiger partial charge in [-0.2, -0.15) is 8.42 Å². The number of hydrogen-bond donors (Lipinski definition) is 1. The highest BCUT2D eigenvalue weighted by atomic mass is 35.5. The molecular formula is C12H9ClO5S2. The van der Waals surface area contributed by atoms with Gasteiger partial charge in [0.2, 0.25) is 9.84 Å². The van der Waals surface area contributed by atoms with E-state index in [-0.39, 0.29) is 9.79 Å². The van der Waals surface area contributed by atoms with Gasteiger partial charge in [0.25, 0.3) is 10.1 Å². The van der Waals surface area contributed by atoms with Crippen LogP contribution in [0.1, 0.15) is 0 Å². The van der Waals surface area contributed by atoms with Gasteiger partial charge in [0.05, 0.1) is 14.7 Å². The lowest BCUT2D eigenvalue weighted by molar-refractivity contribution is 0.483. The number of halogens is 1. The van der Waals surface area contributed by atoms with Crippen molar-refractivity contribution in [1.82, 2.24) is 0 Å². The first-order valence-electron chi connectivity index (χ1n) is 5.29. The Morgan fingerprint density at radius 2 is 1.35 bits per heavy atom. The van der Waals surface area contributed by atoms with E-state index in [0.29, 0.717) is 5.02 Å². The Kier molecular flexibility index (Phi) is 3.88. The fraction of sp³-hybridized carbons (Fsp3) is 0. The van der Waals surface area contributed by atoms with Crippen LogP contribution in [0.15, 0.2) is 63.2 Å². The summed E-state index contributed by atoms with van der Waals surface area (Å²) in [7, 11) is -8.33. The average molecular weight is 333 g/mol. The van der Waals surface area contributed by atoms with E-state index in [1.807, 2.05) is 0 Å². The molecule has 20 heavy (non-hydrogen) atoms. The summed E-state index contributed by atoms with van der Waals surface area (Å²) in [5.74, 6) is 0. The maximum absolute atomic E-state index is 12.3. The van der Waals surface area contributed by atoms with Gasteiger partial charge in [0.1, 0.15) is 0 Å². The zero-order valence-corrected chi connectivity index (χ0v) is 12.3. The predicted molar refractivity (Wildman–Crippen MR) is 73.2 cm³/mol. The highest BCUT2D eigenvalue weighted by Crippen LogP contribution is 2.24. The molecule has 0 saturated carbocycles. The van der Waals surface area contributed by atoms with E-state index >= 15 is 0 Å². The maximum atomic E-state index is 12.3. The molecule has 0 fully saturated rings. The van der Waals surface area contributed by atoms with Crippen molar-refractivity contribution in [3.8, 4) is 0 Å². The van der Waals surface area contributed by atoms with Gasteiger partial charge in [0, 0.05) is 5.02 Å². The van der Waals surface area contributed by atoms with Gasteiger partial charge in [-0.3, -0.25) is 4.55 Å². The average Bonchev–Trinajstić information content (AvgIpc) is 2.38. The molecule has 0 spiro atoms. The molecule has 106 valence electrons. The summed E-state index contributed by atoms with van der Waals surface area (Å²) in [4.78, 5) is -0.725. The molecule has 5 nitrogen and oxygen atoms in total. The number of rotatable bonds is 3. The van der Waals surface area contributed by atoms with Gasteiger partial charge in [-0.25, -0.2) is 8.42 Å². The standard InChI is InChI=1S/C12H9ClO5S2/c13-9-4-6-10(7-5-9)19(14,15)11-2-1-3-12(8-11)20(16,17)18/h1-8H,(H,16,17,18). The minimum atomic E-state index is -4.46. The zero-order valence-electron chi connectivity index (χ0n) is 9.89. The van der Waals surface area contributed by atoms with Crippen molar-refractivity contribution in [2.45, 2.75) is 14.7 Å². The van der Waals surface area contributed by atoms with Crippen molar-refractivity contribution in [2.24, 2.45) is 0 Å². The van der Waals surface area contributed by atoms with E-state index in [1.54, 1.807) is 0 Å². The molecule has 0 amide bonds. The normalized spacial score (nSPS) is 12.3. The van der Waals surface area contributed by atoms with Crippen molar-refractivity contribution < 1.29 is 21.4 Å². The number of benzene rings is 2. The molecule has 0 atom stereocenters. The second-order valence-corrected chi connectivity index (χ2v) is 7.71. The van der Waals surface area contributed by atoms with Gasteiger partial charge in [0.15, 0.2) is 0 Å². The van der Waals surface area contributed by atoms with Crippen molar-refractivity contribution in [1.29, 1.82) is 0 Å². The van der Waals surface area contributed by atoms with E-state index in [9.17, 15) is 16.8 Å². The zero-order chi connectivity index (χ0) is 15.0. The van der Waals surface area contributed by atoms with Crippen molar-refractivity contribution in [2.75, 3.05) is 0 Å². The van der Waals surface area contributed by atoms with Crippen LogP contribution in [0.5, 0.6) is 0 Å². The molecule has 1 N–H and O–H groups in total. The molecule has 0 aliphatic carbocycles. The van der Waals surface area contributed by atoms with Crippen LogP contribution >= 0.6 is 11.6 Å². The first-order chi connectivity index (χ1) is 9.21. The summed E-state index contributed by atoms with van der Waals surface area (Å²) in [6.07, 6.45) is 0. The predicted octanol–water partition coefficient (Wildman–Crippen LogP) is 2.42. The van der Waals surface area contributed by atoms with Crippen molar-refractivity contribution in [3.05, 3.63) is 53.6 Å². The highest BCUT2D eigenvalue weighted by molar-refractivity contribution is 7.91. The summed E-state index contributed by atoms with van der Waals surface area (Å²) in [5.41, 5.74) is 0. The molecule has 0 unspecified atom stereocenters. The quantitative estimate of drug-likeness (QED) is 0.872. The minimum absolute atomic E-state index is 0.0191. The van der Waals surface area contributed by atoms with Crippen LogP contribution in [0.25, 0.3) is 0 Å². The summed E-state index contributed by atoms with van der Waals surface area (Å²) < 4.78 is 55.6. The van der Waals surface area contributed by atoms with Crippen molar-refractivity contribution >= 4 is 31.6 Å². The highest BCUT2D eigenvalue weighted by Gasteiger charge is 2.20. The van der Waals surface area contributed by atoms with Crippen LogP contribution in [0.2, 0.25) is 5.02 Å². The SMILES string of the molecule is O=S(=O)(O)c1cccc(S(=O)(=O)c2ccc(Cl)cc2)c1. The Bertz CT molecular complexity index is 840. The lowest BCUT2D eigenvalue weighted by Gasteiger charge is -2.06. The molecule has 8 heteroatoms. The van der Waals surface area contributed by atoms with E-state index < -0.39 is 24.9 Å². The molecule has 0 radical (unpaired) electrons. The third-order valence-electron chi connectivity index (χ3n) is 2.54. The molecule has 2 aromatic rings. The van der Waals surface area contributed by atoms with E-state index in [1.165, 1.54) is 36.4 Å². The van der Waals surface area contributed by atoms with Gasteiger partial charge in [-0.05, 0) is 42.5 Å². The second-order valence-electron chi connectivity index (χ2n) is 3.91. The summed E-state index contributed by atoms with van der Waals surface area (Å²) in [6, 6.07) is 9.97. The first-order valence-corrected chi connectivity index (χ1v) is 8.59. The minimum Gasteiger partial charge on any atom is -0.282 e.